The molecule has 0 bridgehead atoms. The predicted molar refractivity (Wildman–Crippen MR) is 20.9 cm³/mol. The van der Waals surface area contributed by atoms with Crippen LogP contribution >= 0.6 is 24.0 Å². The van der Waals surface area contributed by atoms with Gasteiger partial charge < -0.3 is 0 Å². The maximum Gasteiger partial charge on any atom is 0 e. The van der Waals surface area contributed by atoms with Crippen molar-refractivity contribution in [3.8, 4) is 0 Å². The monoisotopic (exact) mass is 399 g/mol. The first-order valence-corrected chi connectivity index (χ1v) is 1.52. The molecule has 0 aromatic heterocycles. The van der Waals surface area contributed by atoms with E-state index in [-0.39, 0.29) is 60.3 Å². The minimum atomic E-state index is 0. The van der Waals surface area contributed by atoms with Crippen molar-refractivity contribution >= 4 is 51.3 Å². The molecular formula is CuPbS2Zn. The first-order valence-electron chi connectivity index (χ1n) is 0.123. The second-order valence-corrected chi connectivity index (χ2v) is 0. The summed E-state index contributed by atoms with van der Waals surface area (Å²) in [7, 11) is 3.65. The van der Waals surface area contributed by atoms with Crippen LogP contribution in [0, 0.1) is 0 Å². The van der Waals surface area contributed by atoms with Crippen LogP contribution in [0.1, 0.15) is 0 Å². The van der Waals surface area contributed by atoms with Crippen molar-refractivity contribution in [2.45, 2.75) is 0 Å². The van der Waals surface area contributed by atoms with Gasteiger partial charge in [0.25, 0.3) is 0 Å². The van der Waals surface area contributed by atoms with Crippen LogP contribution in [0.25, 0.3) is 0 Å². The zero-order valence-electron chi connectivity index (χ0n) is 2.33. The van der Waals surface area contributed by atoms with Gasteiger partial charge in [0.05, 0.1) is 0 Å². The van der Waals surface area contributed by atoms with Crippen molar-refractivity contribution in [2.75, 3.05) is 0 Å². The van der Waals surface area contributed by atoms with Crippen molar-refractivity contribution in [1.82, 2.24) is 0 Å². The molecule has 0 aliphatic rings. The Kier molecular flexibility index (Phi) is 154. The third kappa shape index (κ3) is 20.5. The van der Waals surface area contributed by atoms with Gasteiger partial charge in [0.1, 0.15) is 0 Å². The van der Waals surface area contributed by atoms with Gasteiger partial charge in [-0.25, -0.2) is 0 Å². The fourth-order valence-corrected chi connectivity index (χ4v) is 0. The number of rotatable bonds is 0. The summed E-state index contributed by atoms with van der Waals surface area (Å²) in [6, 6.07) is 0. The van der Waals surface area contributed by atoms with E-state index in [1.54, 1.807) is 0 Å². The van der Waals surface area contributed by atoms with Crippen LogP contribution in [-0.2, 0) is 33.9 Å². The molecule has 0 aliphatic heterocycles. The summed E-state index contributed by atoms with van der Waals surface area (Å²) in [6.45, 7) is 0. The Balaban J connectivity index is -0.00000000167. The molecule has 6 radical (unpaired) electrons. The summed E-state index contributed by atoms with van der Waals surface area (Å²) in [6.07, 6.45) is 0. The molecule has 29 valence electrons. The maximum atomic E-state index is 3.77. The Morgan fingerprint density at radius 3 is 1.20 bits per heavy atom. The van der Waals surface area contributed by atoms with Crippen LogP contribution in [0.4, 0.5) is 0 Å². The van der Waals surface area contributed by atoms with Gasteiger partial charge in [-0.1, -0.05) is 0 Å². The Morgan fingerprint density at radius 2 is 1.20 bits per heavy atom. The third-order valence-corrected chi connectivity index (χ3v) is 0. The molecule has 0 nitrogen and oxygen atoms in total. The molecule has 0 heterocycles. The second kappa shape index (κ2) is 30.3. The topological polar surface area (TPSA) is 0 Å². The minimum Gasteiger partial charge on any atom is 0 e. The van der Waals surface area contributed by atoms with Crippen molar-refractivity contribution < 1.29 is 33.9 Å². The molecule has 0 saturated carbocycles. The zero-order valence-corrected chi connectivity index (χ0v) is 11.8. The van der Waals surface area contributed by atoms with Crippen LogP contribution < -0.4 is 0 Å². The largest absolute Gasteiger partial charge is 0 e. The Morgan fingerprint density at radius 1 is 1.20 bits per heavy atom. The van der Waals surface area contributed by atoms with Gasteiger partial charge in [0, 0.05) is 60.3 Å². The van der Waals surface area contributed by atoms with Gasteiger partial charge in [-0.2, -0.15) is 0 Å². The SMILES string of the molecule is [Pb].[S].[S]=[Cu].[Zn]. The molecule has 0 aliphatic carbocycles. The molecule has 0 atom stereocenters. The molecule has 0 aromatic carbocycles. The smallest absolute Gasteiger partial charge is 0 e. The third-order valence-electron chi connectivity index (χ3n) is 0. The number of hydrogen-bond donors (Lipinski definition) is 0. The molecule has 0 aromatic rings. The summed E-state index contributed by atoms with van der Waals surface area (Å²) >= 11 is 3.77. The average molecular weight is 400 g/mol. The molecule has 0 spiro atoms. The molecule has 5 heavy (non-hydrogen) atoms. The fourth-order valence-electron chi connectivity index (χ4n) is 0. The first kappa shape index (κ1) is 25.4. The van der Waals surface area contributed by atoms with E-state index in [1.807, 2.05) is 0 Å². The summed E-state index contributed by atoms with van der Waals surface area (Å²) in [5.74, 6) is 0. The Bertz CT molecular complexity index is 9.61. The summed E-state index contributed by atoms with van der Waals surface area (Å²) < 4.78 is 0. The van der Waals surface area contributed by atoms with E-state index < -0.39 is 0 Å². The maximum absolute atomic E-state index is 3.77. The molecule has 0 rings (SSSR count). The molecular weight excluding hydrogens is 400 g/mol. The van der Waals surface area contributed by atoms with E-state index in [9.17, 15) is 0 Å². The van der Waals surface area contributed by atoms with E-state index in [1.165, 1.54) is 0 Å². The zero-order chi connectivity index (χ0) is 2.00. The van der Waals surface area contributed by atoms with E-state index in [2.05, 4.69) is 24.9 Å². The van der Waals surface area contributed by atoms with Crippen molar-refractivity contribution in [2.24, 2.45) is 0 Å². The average Bonchev–Trinajstić information content (AvgIpc) is 1.00. The van der Waals surface area contributed by atoms with E-state index in [4.69, 9.17) is 0 Å². The standard InChI is InChI=1S/Cu.Pb.2S.Zn. The van der Waals surface area contributed by atoms with Crippen molar-refractivity contribution in [1.29, 1.82) is 0 Å². The Hall–Kier alpha value is 2.63. The van der Waals surface area contributed by atoms with Crippen LogP contribution in [-0.4, -0.2) is 27.3 Å². The van der Waals surface area contributed by atoms with Crippen LogP contribution in [0.3, 0.4) is 0 Å². The number of hydrogen-bond acceptors (Lipinski definition) is 1. The van der Waals surface area contributed by atoms with Gasteiger partial charge in [0.2, 0.25) is 0 Å². The van der Waals surface area contributed by atoms with Crippen LogP contribution in [0.5, 0.6) is 0 Å². The molecule has 0 unspecified atom stereocenters. The molecule has 0 saturated heterocycles. The van der Waals surface area contributed by atoms with Crippen LogP contribution in [0.15, 0.2) is 0 Å². The minimum absolute atomic E-state index is 0. The second-order valence-electron chi connectivity index (χ2n) is 0. The van der Waals surface area contributed by atoms with Crippen molar-refractivity contribution in [3.63, 3.8) is 0 Å². The fraction of sp³-hybridized carbons (Fsp3) is 0. The summed E-state index contributed by atoms with van der Waals surface area (Å²) in [5.41, 5.74) is 0. The normalized spacial score (nSPS) is 1.20. The molecule has 5 heteroatoms. The van der Waals surface area contributed by atoms with Crippen molar-refractivity contribution in [3.05, 3.63) is 0 Å². The van der Waals surface area contributed by atoms with E-state index in [0.29, 0.717) is 0 Å². The predicted octanol–water partition coefficient (Wildman–Crippen LogP) is 0.911. The van der Waals surface area contributed by atoms with Gasteiger partial charge in [-0.15, -0.1) is 0 Å². The van der Waals surface area contributed by atoms with Gasteiger partial charge in [0.15, 0.2) is 0 Å². The van der Waals surface area contributed by atoms with E-state index in [0.717, 1.165) is 0 Å². The summed E-state index contributed by atoms with van der Waals surface area (Å²) in [4.78, 5) is 0. The van der Waals surface area contributed by atoms with Crippen LogP contribution in [0.2, 0.25) is 0 Å². The molecule has 0 amide bonds. The Labute approximate surface area is 83.9 Å². The first-order chi connectivity index (χ1) is 1.00. The quantitative estimate of drug-likeness (QED) is 0.545. The van der Waals surface area contributed by atoms with Gasteiger partial charge >= 0.3 is 24.9 Å². The van der Waals surface area contributed by atoms with Gasteiger partial charge in [-0.05, 0) is 0 Å². The summed E-state index contributed by atoms with van der Waals surface area (Å²) in [5, 5.41) is 0. The molecule has 0 fully saturated rings. The molecule has 0 N–H and O–H groups in total. The van der Waals surface area contributed by atoms with E-state index >= 15 is 0 Å². The van der Waals surface area contributed by atoms with Gasteiger partial charge in [-0.3, -0.25) is 0 Å².